The highest BCUT2D eigenvalue weighted by Crippen LogP contribution is 2.18. The molecule has 1 aromatic rings. The highest BCUT2D eigenvalue weighted by Gasteiger charge is 2.00. The van der Waals surface area contributed by atoms with Gasteiger partial charge in [0, 0.05) is 0 Å². The van der Waals surface area contributed by atoms with Crippen LogP contribution in [0, 0.1) is 0 Å². The van der Waals surface area contributed by atoms with Gasteiger partial charge in [-0.1, -0.05) is 12.1 Å². The average Bonchev–Trinajstić information content (AvgIpc) is 2.04. The topological polar surface area (TPSA) is 37.3 Å². The van der Waals surface area contributed by atoms with E-state index < -0.39 is 5.97 Å². The van der Waals surface area contributed by atoms with E-state index in [4.69, 9.17) is 5.11 Å². The van der Waals surface area contributed by atoms with E-state index in [0.29, 0.717) is 5.56 Å². The minimum atomic E-state index is -0.909. The van der Waals surface area contributed by atoms with Crippen molar-refractivity contribution in [3.8, 4) is 0 Å². The van der Waals surface area contributed by atoms with Crippen LogP contribution in [-0.4, -0.2) is 11.1 Å². The minimum absolute atomic E-state index is 0.294. The molecule has 0 saturated heterocycles. The molecule has 0 radical (unpaired) electrons. The number of carbonyl (C=O) groups is 1. The standard InChI is InChI=1S/C9H6Br2O2/c10-8(11)5-6-1-3-7(4-2-6)9(12)13/h1-5H,(H,12,13). The number of hydrogen-bond donors (Lipinski definition) is 1. The fraction of sp³-hybridized carbons (Fsp3) is 0. The molecule has 0 spiro atoms. The van der Waals surface area contributed by atoms with Crippen molar-refractivity contribution in [2.24, 2.45) is 0 Å². The molecule has 0 aliphatic rings. The number of hydrogen-bond acceptors (Lipinski definition) is 1. The quantitative estimate of drug-likeness (QED) is 0.908. The van der Waals surface area contributed by atoms with Gasteiger partial charge in [0.2, 0.25) is 0 Å². The number of rotatable bonds is 2. The predicted octanol–water partition coefficient (Wildman–Crippen LogP) is 3.47. The molecule has 0 saturated carbocycles. The van der Waals surface area contributed by atoms with Gasteiger partial charge in [-0.3, -0.25) is 0 Å². The molecule has 0 unspecified atom stereocenters. The molecule has 68 valence electrons. The first-order valence-corrected chi connectivity index (χ1v) is 5.04. The lowest BCUT2D eigenvalue weighted by molar-refractivity contribution is 0.0697. The van der Waals surface area contributed by atoms with E-state index in [1.54, 1.807) is 24.3 Å². The van der Waals surface area contributed by atoms with Crippen LogP contribution in [0.3, 0.4) is 0 Å². The van der Waals surface area contributed by atoms with Crippen molar-refractivity contribution in [2.45, 2.75) is 0 Å². The van der Waals surface area contributed by atoms with Crippen LogP contribution in [0.1, 0.15) is 15.9 Å². The molecule has 0 aromatic heterocycles. The third-order valence-corrected chi connectivity index (χ3v) is 1.89. The molecule has 0 fully saturated rings. The first-order valence-electron chi connectivity index (χ1n) is 3.45. The van der Waals surface area contributed by atoms with Gasteiger partial charge in [0.15, 0.2) is 0 Å². The van der Waals surface area contributed by atoms with E-state index in [1.165, 1.54) is 0 Å². The van der Waals surface area contributed by atoms with Crippen molar-refractivity contribution in [3.63, 3.8) is 0 Å². The zero-order chi connectivity index (χ0) is 9.84. The first kappa shape index (κ1) is 10.5. The second-order valence-electron chi connectivity index (χ2n) is 2.36. The van der Waals surface area contributed by atoms with Crippen molar-refractivity contribution in [3.05, 3.63) is 38.8 Å². The first-order chi connectivity index (χ1) is 6.09. The highest BCUT2D eigenvalue weighted by atomic mass is 79.9. The lowest BCUT2D eigenvalue weighted by atomic mass is 10.1. The maximum atomic E-state index is 10.5. The molecule has 1 aromatic carbocycles. The predicted molar refractivity (Wildman–Crippen MR) is 59.2 cm³/mol. The summed E-state index contributed by atoms with van der Waals surface area (Å²) in [6.45, 7) is 0. The van der Waals surface area contributed by atoms with Gasteiger partial charge in [-0.2, -0.15) is 0 Å². The Kier molecular flexibility index (Phi) is 3.69. The summed E-state index contributed by atoms with van der Waals surface area (Å²) in [4.78, 5) is 10.5. The summed E-state index contributed by atoms with van der Waals surface area (Å²) in [7, 11) is 0. The van der Waals surface area contributed by atoms with Gasteiger partial charge in [0.05, 0.1) is 8.96 Å². The summed E-state index contributed by atoms with van der Waals surface area (Å²) in [5, 5.41) is 8.62. The van der Waals surface area contributed by atoms with Crippen LogP contribution in [0.4, 0.5) is 0 Å². The summed E-state index contributed by atoms with van der Waals surface area (Å²) >= 11 is 6.44. The second kappa shape index (κ2) is 4.58. The number of halogens is 2. The van der Waals surface area contributed by atoms with Gasteiger partial charge >= 0.3 is 5.97 Å². The van der Waals surface area contributed by atoms with Crippen LogP contribution in [0.25, 0.3) is 6.08 Å². The average molecular weight is 306 g/mol. The van der Waals surface area contributed by atoms with E-state index in [2.05, 4.69) is 31.9 Å². The van der Waals surface area contributed by atoms with E-state index in [1.807, 2.05) is 6.08 Å². The molecule has 0 heterocycles. The van der Waals surface area contributed by atoms with Crippen molar-refractivity contribution in [1.82, 2.24) is 0 Å². The summed E-state index contributed by atoms with van der Waals surface area (Å²) in [6, 6.07) is 6.62. The molecule has 1 N–H and O–H groups in total. The molecule has 0 amide bonds. The van der Waals surface area contributed by atoms with Crippen molar-refractivity contribution in [1.29, 1.82) is 0 Å². The number of carboxylic acid groups (broad SMARTS) is 1. The van der Waals surface area contributed by atoms with Crippen LogP contribution in [0.5, 0.6) is 0 Å². The molecular formula is C9H6Br2O2. The van der Waals surface area contributed by atoms with Gasteiger partial charge < -0.3 is 5.11 Å². The molecule has 13 heavy (non-hydrogen) atoms. The molecule has 0 aliphatic carbocycles. The Bertz CT molecular complexity index is 337. The molecule has 1 rings (SSSR count). The van der Waals surface area contributed by atoms with E-state index in [9.17, 15) is 4.79 Å². The lowest BCUT2D eigenvalue weighted by Gasteiger charge is -1.95. The van der Waals surface area contributed by atoms with E-state index in [0.717, 1.165) is 8.96 Å². The summed E-state index contributed by atoms with van der Waals surface area (Å²) < 4.78 is 0.822. The second-order valence-corrected chi connectivity index (χ2v) is 5.13. The Morgan fingerprint density at radius 1 is 1.23 bits per heavy atom. The maximum Gasteiger partial charge on any atom is 0.335 e. The Morgan fingerprint density at radius 2 is 1.77 bits per heavy atom. The Labute approximate surface area is 92.5 Å². The Balaban J connectivity index is 2.94. The summed E-state index contributed by atoms with van der Waals surface area (Å²) in [5.41, 5.74) is 1.23. The van der Waals surface area contributed by atoms with Gasteiger partial charge in [0.1, 0.15) is 0 Å². The smallest absolute Gasteiger partial charge is 0.335 e. The van der Waals surface area contributed by atoms with E-state index in [-0.39, 0.29) is 0 Å². The van der Waals surface area contributed by atoms with Crippen molar-refractivity contribution in [2.75, 3.05) is 0 Å². The van der Waals surface area contributed by atoms with E-state index >= 15 is 0 Å². The number of carboxylic acids is 1. The Hall–Kier alpha value is -0.610. The van der Waals surface area contributed by atoms with Crippen LogP contribution in [0.15, 0.2) is 27.7 Å². The monoisotopic (exact) mass is 304 g/mol. The van der Waals surface area contributed by atoms with Gasteiger partial charge in [-0.15, -0.1) is 0 Å². The zero-order valence-corrected chi connectivity index (χ0v) is 9.67. The van der Waals surface area contributed by atoms with Crippen molar-refractivity contribution >= 4 is 43.9 Å². The van der Waals surface area contributed by atoms with Gasteiger partial charge in [-0.05, 0) is 55.6 Å². The number of aromatic carboxylic acids is 1. The molecule has 4 heteroatoms. The third-order valence-electron chi connectivity index (χ3n) is 1.43. The van der Waals surface area contributed by atoms with Gasteiger partial charge in [-0.25, -0.2) is 4.79 Å². The zero-order valence-electron chi connectivity index (χ0n) is 6.50. The highest BCUT2D eigenvalue weighted by molar-refractivity contribution is 9.28. The molecule has 0 atom stereocenters. The van der Waals surface area contributed by atoms with Crippen LogP contribution in [-0.2, 0) is 0 Å². The normalized spacial score (nSPS) is 9.38. The third kappa shape index (κ3) is 3.32. The lowest BCUT2D eigenvalue weighted by Crippen LogP contribution is -1.94. The largest absolute Gasteiger partial charge is 0.478 e. The fourth-order valence-electron chi connectivity index (χ4n) is 0.848. The van der Waals surface area contributed by atoms with Crippen molar-refractivity contribution < 1.29 is 9.90 Å². The summed E-state index contributed by atoms with van der Waals surface area (Å²) in [6.07, 6.45) is 1.84. The fourth-order valence-corrected chi connectivity index (χ4v) is 1.38. The van der Waals surface area contributed by atoms with Gasteiger partial charge in [0.25, 0.3) is 0 Å². The molecule has 0 bridgehead atoms. The van der Waals surface area contributed by atoms with Crippen LogP contribution < -0.4 is 0 Å². The van der Waals surface area contributed by atoms with Crippen LogP contribution >= 0.6 is 31.9 Å². The maximum absolute atomic E-state index is 10.5. The van der Waals surface area contributed by atoms with Crippen LogP contribution in [0.2, 0.25) is 0 Å². The molecular weight excluding hydrogens is 300 g/mol. The Morgan fingerprint density at radius 3 is 2.15 bits per heavy atom. The number of benzene rings is 1. The SMILES string of the molecule is O=C(O)c1ccc(C=C(Br)Br)cc1. The minimum Gasteiger partial charge on any atom is -0.478 e. The summed E-state index contributed by atoms with van der Waals surface area (Å²) in [5.74, 6) is -0.909. The molecule has 0 aliphatic heterocycles. The molecule has 2 nitrogen and oxygen atoms in total.